The molecule has 1 fully saturated rings. The number of likely N-dealkylation sites (tertiary alicyclic amines) is 1. The third-order valence-corrected chi connectivity index (χ3v) is 8.99. The summed E-state index contributed by atoms with van der Waals surface area (Å²) in [5, 5.41) is 6.43. The van der Waals surface area contributed by atoms with Crippen LogP contribution in [-0.4, -0.2) is 32.3 Å². The third-order valence-electron chi connectivity index (χ3n) is 7.60. The van der Waals surface area contributed by atoms with Crippen molar-refractivity contribution in [2.24, 2.45) is 0 Å². The van der Waals surface area contributed by atoms with E-state index in [1.165, 1.54) is 37.0 Å². The van der Waals surface area contributed by atoms with Crippen LogP contribution in [0.5, 0.6) is 0 Å². The van der Waals surface area contributed by atoms with E-state index in [2.05, 4.69) is 32.4 Å². The number of hydrogen-bond acceptors (Lipinski definition) is 6. The summed E-state index contributed by atoms with van der Waals surface area (Å²) in [6, 6.07) is 29.0. The Kier molecular flexibility index (Phi) is 7.69. The number of fused-ring (bicyclic) bond motifs is 1. The van der Waals surface area contributed by atoms with Crippen molar-refractivity contribution in [2.45, 2.75) is 30.7 Å². The Morgan fingerprint density at radius 3 is 2.24 bits per heavy atom. The predicted molar refractivity (Wildman–Crippen MR) is 169 cm³/mol. The molecule has 4 aromatic carbocycles. The van der Waals surface area contributed by atoms with Crippen LogP contribution in [-0.2, 0) is 21.4 Å². The molecule has 0 saturated carbocycles. The average molecular weight is 580 g/mol. The van der Waals surface area contributed by atoms with Crippen LogP contribution in [0.2, 0.25) is 0 Å². The Bertz CT molecular complexity index is 1730. The Labute approximate surface area is 246 Å². The second kappa shape index (κ2) is 11.7. The van der Waals surface area contributed by atoms with Gasteiger partial charge in [-0.15, -0.1) is 0 Å². The number of benzene rings is 4. The number of nitrogens with zero attached hydrogens (tertiary/aromatic N) is 1. The molecule has 5 N–H and O–H groups in total. The van der Waals surface area contributed by atoms with Gasteiger partial charge in [0, 0.05) is 34.9 Å². The molecule has 1 amide bonds. The summed E-state index contributed by atoms with van der Waals surface area (Å²) in [6.07, 6.45) is 3.81. The van der Waals surface area contributed by atoms with Crippen molar-refractivity contribution in [3.8, 4) is 0 Å². The van der Waals surface area contributed by atoms with Gasteiger partial charge in [0.15, 0.2) is 0 Å². The second-order valence-corrected chi connectivity index (χ2v) is 12.3. The first-order valence-electron chi connectivity index (χ1n) is 14.1. The zero-order chi connectivity index (χ0) is 29.1. The minimum atomic E-state index is -3.86. The molecule has 8 nitrogen and oxygen atoms in total. The van der Waals surface area contributed by atoms with Gasteiger partial charge >= 0.3 is 0 Å². The highest BCUT2D eigenvalue weighted by molar-refractivity contribution is 7.92. The summed E-state index contributed by atoms with van der Waals surface area (Å²) < 4.78 is 28.7. The lowest BCUT2D eigenvalue weighted by Crippen LogP contribution is -2.29. The van der Waals surface area contributed by atoms with Crippen molar-refractivity contribution in [3.05, 3.63) is 114 Å². The molecular formula is C33H33N5O3S. The molecule has 2 aliphatic rings. The topological polar surface area (TPSA) is 117 Å². The molecule has 9 heteroatoms. The molecule has 4 aromatic rings. The lowest BCUT2D eigenvalue weighted by molar-refractivity contribution is -0.110. The van der Waals surface area contributed by atoms with Crippen LogP contribution in [0.3, 0.4) is 0 Å². The van der Waals surface area contributed by atoms with E-state index < -0.39 is 10.0 Å². The smallest absolute Gasteiger partial charge is 0.261 e. The van der Waals surface area contributed by atoms with E-state index in [-0.39, 0.29) is 10.8 Å². The largest absolute Gasteiger partial charge is 0.399 e. The molecule has 2 aliphatic heterocycles. The van der Waals surface area contributed by atoms with Crippen LogP contribution in [0.1, 0.15) is 36.0 Å². The number of amides is 1. The molecule has 1 saturated heterocycles. The van der Waals surface area contributed by atoms with Crippen LogP contribution in [0.25, 0.3) is 11.3 Å². The molecule has 6 rings (SSSR count). The molecule has 42 heavy (non-hydrogen) atoms. The average Bonchev–Trinajstić information content (AvgIpc) is 3.32. The minimum Gasteiger partial charge on any atom is -0.399 e. The van der Waals surface area contributed by atoms with Gasteiger partial charge in [-0.2, -0.15) is 0 Å². The van der Waals surface area contributed by atoms with Crippen LogP contribution in [0, 0.1) is 0 Å². The standard InChI is InChI=1S/C33H33N5O3S/c34-25-11-16-28(17-12-25)42(40,41)37-27-15-18-30-29(21-27)31(33(39)36-30)32(24-7-3-1-4-8-24)35-26-13-9-23(10-14-26)22-38-19-5-2-6-20-38/h1,3-4,7-18,21,35,37H,2,5-6,19-20,22,34H2,(H,36,39). The van der Waals surface area contributed by atoms with Crippen LogP contribution in [0.15, 0.2) is 102 Å². The normalized spacial score (nSPS) is 16.4. The lowest BCUT2D eigenvalue weighted by atomic mass is 9.99. The predicted octanol–water partition coefficient (Wildman–Crippen LogP) is 5.99. The van der Waals surface area contributed by atoms with Crippen molar-refractivity contribution >= 4 is 50.0 Å². The monoisotopic (exact) mass is 579 g/mol. The highest BCUT2D eigenvalue weighted by atomic mass is 32.2. The number of rotatable bonds is 8. The van der Waals surface area contributed by atoms with E-state index in [4.69, 9.17) is 5.73 Å². The van der Waals surface area contributed by atoms with Gasteiger partial charge in [0.05, 0.1) is 16.2 Å². The summed E-state index contributed by atoms with van der Waals surface area (Å²) in [7, 11) is -3.86. The van der Waals surface area contributed by atoms with E-state index in [9.17, 15) is 13.2 Å². The van der Waals surface area contributed by atoms with E-state index in [0.717, 1.165) is 30.9 Å². The number of sulfonamides is 1. The van der Waals surface area contributed by atoms with Gasteiger partial charge in [-0.1, -0.05) is 48.9 Å². The molecule has 0 aromatic heterocycles. The summed E-state index contributed by atoms with van der Waals surface area (Å²) in [5.41, 5.74) is 11.8. The Hall–Kier alpha value is -4.60. The number of carbonyl (C=O) groups excluding carboxylic acids is 1. The molecule has 214 valence electrons. The van der Waals surface area contributed by atoms with Crippen molar-refractivity contribution in [3.63, 3.8) is 0 Å². The quantitative estimate of drug-likeness (QED) is 0.151. The summed E-state index contributed by atoms with van der Waals surface area (Å²) in [5.74, 6) is -0.267. The van der Waals surface area contributed by atoms with Crippen molar-refractivity contribution in [1.29, 1.82) is 0 Å². The van der Waals surface area contributed by atoms with E-state index in [1.54, 1.807) is 30.3 Å². The fourth-order valence-corrected chi connectivity index (χ4v) is 6.49. The number of hydrogen-bond donors (Lipinski definition) is 4. The molecule has 0 bridgehead atoms. The summed E-state index contributed by atoms with van der Waals surface area (Å²) >= 11 is 0. The number of piperidine rings is 1. The van der Waals surface area contributed by atoms with Gasteiger partial charge < -0.3 is 16.4 Å². The highest BCUT2D eigenvalue weighted by Crippen LogP contribution is 2.39. The molecule has 2 heterocycles. The van der Waals surface area contributed by atoms with Crippen LogP contribution < -0.4 is 21.1 Å². The van der Waals surface area contributed by atoms with E-state index >= 15 is 0 Å². The zero-order valence-corrected chi connectivity index (χ0v) is 24.0. The number of nitrogen functional groups attached to an aromatic ring is 1. The van der Waals surface area contributed by atoms with Gasteiger partial charge in [-0.05, 0) is 91.7 Å². The van der Waals surface area contributed by atoms with Crippen molar-refractivity contribution < 1.29 is 13.2 Å². The van der Waals surface area contributed by atoms with Crippen molar-refractivity contribution in [2.75, 3.05) is 34.2 Å². The van der Waals surface area contributed by atoms with Gasteiger partial charge in [-0.3, -0.25) is 14.4 Å². The molecular weight excluding hydrogens is 546 g/mol. The second-order valence-electron chi connectivity index (χ2n) is 10.7. The minimum absolute atomic E-state index is 0.0949. The maximum atomic E-state index is 13.4. The first-order valence-corrected chi connectivity index (χ1v) is 15.6. The Morgan fingerprint density at radius 1 is 0.833 bits per heavy atom. The summed E-state index contributed by atoms with van der Waals surface area (Å²) in [6.45, 7) is 3.20. The first-order chi connectivity index (χ1) is 20.4. The first kappa shape index (κ1) is 27.6. The molecule has 0 spiro atoms. The third kappa shape index (κ3) is 6.02. The van der Waals surface area contributed by atoms with Gasteiger partial charge in [0.2, 0.25) is 0 Å². The zero-order valence-electron chi connectivity index (χ0n) is 23.1. The number of nitrogens with one attached hydrogen (secondary N) is 3. The van der Waals surface area contributed by atoms with E-state index in [0.29, 0.717) is 33.9 Å². The Balaban J connectivity index is 1.33. The van der Waals surface area contributed by atoms with Gasteiger partial charge in [0.25, 0.3) is 15.9 Å². The van der Waals surface area contributed by atoms with Crippen LogP contribution >= 0.6 is 0 Å². The molecule has 0 aliphatic carbocycles. The SMILES string of the molecule is Nc1ccc(S(=O)(=O)Nc2ccc3c(c2)C(=C(Nc2ccc(CN4CCCCC4)cc2)c2ccccc2)C(=O)N3)cc1. The van der Waals surface area contributed by atoms with E-state index in [1.807, 2.05) is 42.5 Å². The summed E-state index contributed by atoms with van der Waals surface area (Å²) in [4.78, 5) is 16.0. The maximum Gasteiger partial charge on any atom is 0.261 e. The number of nitrogens with two attached hydrogens (primary N) is 1. The molecule has 0 unspecified atom stereocenters. The van der Waals surface area contributed by atoms with Gasteiger partial charge in [0.1, 0.15) is 0 Å². The fraction of sp³-hybridized carbons (Fsp3) is 0.182. The Morgan fingerprint density at radius 2 is 1.52 bits per heavy atom. The lowest BCUT2D eigenvalue weighted by Gasteiger charge is -2.26. The number of anilines is 4. The van der Waals surface area contributed by atoms with Crippen LogP contribution in [0.4, 0.5) is 22.7 Å². The maximum absolute atomic E-state index is 13.4. The molecule has 0 atom stereocenters. The van der Waals surface area contributed by atoms with Gasteiger partial charge in [-0.25, -0.2) is 8.42 Å². The number of carbonyl (C=O) groups is 1. The molecule has 0 radical (unpaired) electrons. The fourth-order valence-electron chi connectivity index (χ4n) is 5.44. The van der Waals surface area contributed by atoms with Crippen molar-refractivity contribution in [1.82, 2.24) is 4.90 Å². The highest BCUT2D eigenvalue weighted by Gasteiger charge is 2.29.